The number of rotatable bonds is 1. The van der Waals surface area contributed by atoms with E-state index in [9.17, 15) is 0 Å². The predicted octanol–water partition coefficient (Wildman–Crippen LogP) is 1.72. The number of likely N-dealkylation sites (N-methyl/N-ethyl adjacent to an activating group) is 1. The van der Waals surface area contributed by atoms with Crippen molar-refractivity contribution in [2.24, 2.45) is 0 Å². The monoisotopic (exact) mass is 192 g/mol. The van der Waals surface area contributed by atoms with Gasteiger partial charge in [0, 0.05) is 25.8 Å². The van der Waals surface area contributed by atoms with E-state index in [1.54, 1.807) is 0 Å². The molecule has 0 N–H and O–H groups in total. The Morgan fingerprint density at radius 2 is 1.85 bits per heavy atom. The van der Waals surface area contributed by atoms with Gasteiger partial charge in [0.15, 0.2) is 5.11 Å². The minimum Gasteiger partial charge on any atom is -0.350 e. The molecule has 0 amide bonds. The van der Waals surface area contributed by atoms with Crippen molar-refractivity contribution in [3.63, 3.8) is 0 Å². The van der Waals surface area contributed by atoms with Gasteiger partial charge in [-0.25, -0.2) is 0 Å². The van der Waals surface area contributed by atoms with Gasteiger partial charge in [-0.05, 0) is 24.4 Å². The van der Waals surface area contributed by atoms with Gasteiger partial charge in [0.2, 0.25) is 0 Å². The van der Waals surface area contributed by atoms with Gasteiger partial charge in [-0.15, -0.1) is 0 Å². The van der Waals surface area contributed by atoms with Crippen LogP contribution in [-0.2, 0) is 0 Å². The van der Waals surface area contributed by atoms with Crippen LogP contribution in [0.3, 0.4) is 0 Å². The number of thiocarbonyl (C=S) groups is 1. The highest BCUT2D eigenvalue weighted by Gasteiger charge is 2.22. The minimum atomic E-state index is 0.922. The summed E-state index contributed by atoms with van der Waals surface area (Å²) in [4.78, 5) is 4.26. The lowest BCUT2D eigenvalue weighted by Crippen LogP contribution is -2.28. The molecular formula is C10H12N2S. The van der Waals surface area contributed by atoms with Crippen molar-refractivity contribution in [2.75, 3.05) is 25.0 Å². The summed E-state index contributed by atoms with van der Waals surface area (Å²) in [6, 6.07) is 10.3. The molecule has 0 atom stereocenters. The largest absolute Gasteiger partial charge is 0.350 e. The molecule has 3 heteroatoms. The first kappa shape index (κ1) is 8.51. The molecule has 1 aromatic carbocycles. The predicted molar refractivity (Wildman–Crippen MR) is 59.0 cm³/mol. The van der Waals surface area contributed by atoms with Gasteiger partial charge in [-0.3, -0.25) is 0 Å². The lowest BCUT2D eigenvalue weighted by atomic mass is 10.3. The number of benzene rings is 1. The highest BCUT2D eigenvalue weighted by molar-refractivity contribution is 7.80. The lowest BCUT2D eigenvalue weighted by Gasteiger charge is -2.18. The summed E-state index contributed by atoms with van der Waals surface area (Å²) in [5, 5.41) is 0.922. The van der Waals surface area contributed by atoms with Crippen molar-refractivity contribution >= 4 is 23.0 Å². The smallest absolute Gasteiger partial charge is 0.175 e. The van der Waals surface area contributed by atoms with E-state index in [-0.39, 0.29) is 0 Å². The summed E-state index contributed by atoms with van der Waals surface area (Å²) in [6.07, 6.45) is 0. The van der Waals surface area contributed by atoms with E-state index in [0.29, 0.717) is 0 Å². The maximum atomic E-state index is 5.30. The van der Waals surface area contributed by atoms with Crippen LogP contribution in [0, 0.1) is 0 Å². The summed E-state index contributed by atoms with van der Waals surface area (Å²) in [6.45, 7) is 2.02. The SMILES string of the molecule is CN1CCN(c2ccccc2)C1=S. The van der Waals surface area contributed by atoms with Gasteiger partial charge in [-0.2, -0.15) is 0 Å². The second-order valence-electron chi connectivity index (χ2n) is 3.19. The van der Waals surface area contributed by atoms with Crippen molar-refractivity contribution in [1.29, 1.82) is 0 Å². The summed E-state index contributed by atoms with van der Waals surface area (Å²) >= 11 is 5.30. The quantitative estimate of drug-likeness (QED) is 0.626. The Balaban J connectivity index is 2.24. The van der Waals surface area contributed by atoms with Gasteiger partial charge in [0.25, 0.3) is 0 Å². The van der Waals surface area contributed by atoms with Crippen LogP contribution in [0.25, 0.3) is 0 Å². The second kappa shape index (κ2) is 3.34. The van der Waals surface area contributed by atoms with Crippen molar-refractivity contribution in [3.8, 4) is 0 Å². The van der Waals surface area contributed by atoms with Gasteiger partial charge in [-0.1, -0.05) is 18.2 Å². The Morgan fingerprint density at radius 1 is 1.15 bits per heavy atom. The fraction of sp³-hybridized carbons (Fsp3) is 0.300. The Morgan fingerprint density at radius 3 is 2.38 bits per heavy atom. The summed E-state index contributed by atoms with van der Waals surface area (Å²) < 4.78 is 0. The first-order valence-electron chi connectivity index (χ1n) is 4.37. The van der Waals surface area contributed by atoms with E-state index < -0.39 is 0 Å². The third kappa shape index (κ3) is 1.52. The zero-order valence-corrected chi connectivity index (χ0v) is 8.42. The van der Waals surface area contributed by atoms with Crippen LogP contribution in [0.4, 0.5) is 5.69 Å². The number of nitrogens with zero attached hydrogens (tertiary/aromatic N) is 2. The van der Waals surface area contributed by atoms with Crippen molar-refractivity contribution in [2.45, 2.75) is 0 Å². The van der Waals surface area contributed by atoms with Crippen molar-refractivity contribution in [3.05, 3.63) is 30.3 Å². The highest BCUT2D eigenvalue weighted by atomic mass is 32.1. The zero-order chi connectivity index (χ0) is 9.26. The van der Waals surface area contributed by atoms with Gasteiger partial charge in [0.05, 0.1) is 0 Å². The molecule has 0 spiro atoms. The summed E-state index contributed by atoms with van der Waals surface area (Å²) in [5.74, 6) is 0. The molecule has 0 aromatic heterocycles. The molecule has 1 saturated heterocycles. The normalized spacial score (nSPS) is 16.8. The average Bonchev–Trinajstić information content (AvgIpc) is 2.49. The van der Waals surface area contributed by atoms with Gasteiger partial charge < -0.3 is 9.80 Å². The molecule has 1 aromatic rings. The van der Waals surface area contributed by atoms with E-state index in [2.05, 4.69) is 21.9 Å². The summed E-state index contributed by atoms with van der Waals surface area (Å²) in [7, 11) is 2.03. The van der Waals surface area contributed by atoms with Crippen LogP contribution in [0.5, 0.6) is 0 Å². The first-order chi connectivity index (χ1) is 6.29. The average molecular weight is 192 g/mol. The maximum Gasteiger partial charge on any atom is 0.175 e. The Labute approximate surface area is 83.8 Å². The molecule has 1 heterocycles. The number of para-hydroxylation sites is 1. The van der Waals surface area contributed by atoms with E-state index in [4.69, 9.17) is 12.2 Å². The second-order valence-corrected chi connectivity index (χ2v) is 3.56. The van der Waals surface area contributed by atoms with E-state index in [1.165, 1.54) is 5.69 Å². The van der Waals surface area contributed by atoms with E-state index >= 15 is 0 Å². The van der Waals surface area contributed by atoms with Gasteiger partial charge in [0.1, 0.15) is 0 Å². The number of hydrogen-bond donors (Lipinski definition) is 0. The third-order valence-electron chi connectivity index (χ3n) is 2.28. The minimum absolute atomic E-state index is 0.922. The Bertz CT molecular complexity index is 310. The standard InChI is InChI=1S/C10H12N2S/c1-11-7-8-12(10(11)13)9-5-3-2-4-6-9/h2-6H,7-8H2,1H3. The van der Waals surface area contributed by atoms with Crippen LogP contribution < -0.4 is 4.90 Å². The molecule has 1 fully saturated rings. The summed E-state index contributed by atoms with van der Waals surface area (Å²) in [5.41, 5.74) is 1.19. The Kier molecular flexibility index (Phi) is 2.19. The highest BCUT2D eigenvalue weighted by Crippen LogP contribution is 2.18. The molecule has 0 unspecified atom stereocenters. The number of anilines is 1. The molecule has 0 aliphatic carbocycles. The molecular weight excluding hydrogens is 180 g/mol. The van der Waals surface area contributed by atoms with Crippen LogP contribution in [0.15, 0.2) is 30.3 Å². The van der Waals surface area contributed by atoms with Crippen LogP contribution in [0.2, 0.25) is 0 Å². The Hall–Kier alpha value is -1.09. The molecule has 13 heavy (non-hydrogen) atoms. The molecule has 0 saturated carbocycles. The van der Waals surface area contributed by atoms with Crippen LogP contribution in [-0.4, -0.2) is 30.1 Å². The maximum absolute atomic E-state index is 5.30. The molecule has 2 rings (SSSR count). The lowest BCUT2D eigenvalue weighted by molar-refractivity contribution is 0.571. The molecule has 0 bridgehead atoms. The zero-order valence-electron chi connectivity index (χ0n) is 7.60. The first-order valence-corrected chi connectivity index (χ1v) is 4.77. The fourth-order valence-electron chi connectivity index (χ4n) is 1.49. The van der Waals surface area contributed by atoms with Gasteiger partial charge >= 0.3 is 0 Å². The van der Waals surface area contributed by atoms with Crippen molar-refractivity contribution < 1.29 is 0 Å². The van der Waals surface area contributed by atoms with Crippen LogP contribution >= 0.6 is 12.2 Å². The van der Waals surface area contributed by atoms with E-state index in [1.807, 2.05) is 25.2 Å². The van der Waals surface area contributed by atoms with E-state index in [0.717, 1.165) is 18.2 Å². The fourth-order valence-corrected chi connectivity index (χ4v) is 1.78. The van der Waals surface area contributed by atoms with Crippen LogP contribution in [0.1, 0.15) is 0 Å². The third-order valence-corrected chi connectivity index (χ3v) is 2.82. The molecule has 0 radical (unpaired) electrons. The molecule has 1 aliphatic heterocycles. The van der Waals surface area contributed by atoms with Crippen molar-refractivity contribution in [1.82, 2.24) is 4.90 Å². The molecule has 68 valence electrons. The molecule has 2 nitrogen and oxygen atoms in total. The number of hydrogen-bond acceptors (Lipinski definition) is 1. The molecule has 1 aliphatic rings. The topological polar surface area (TPSA) is 6.48 Å².